The van der Waals surface area contributed by atoms with E-state index in [0.717, 1.165) is 16.7 Å². The number of carbonyl (C=O) groups is 1. The highest BCUT2D eigenvalue weighted by Crippen LogP contribution is 2.22. The molecule has 3 aromatic rings. The number of rotatable bonds is 5. The second-order valence-corrected chi connectivity index (χ2v) is 4.98. The number of hydrogen-bond acceptors (Lipinski definition) is 5. The summed E-state index contributed by atoms with van der Waals surface area (Å²) < 4.78 is 5.21. The van der Waals surface area contributed by atoms with E-state index in [-0.39, 0.29) is 6.61 Å². The van der Waals surface area contributed by atoms with E-state index in [4.69, 9.17) is 4.74 Å². The second kappa shape index (κ2) is 7.19. The van der Waals surface area contributed by atoms with E-state index < -0.39 is 6.09 Å². The molecule has 0 spiro atoms. The zero-order valence-electron chi connectivity index (χ0n) is 12.8. The van der Waals surface area contributed by atoms with Crippen molar-refractivity contribution in [3.8, 4) is 11.4 Å². The summed E-state index contributed by atoms with van der Waals surface area (Å²) in [5.41, 5.74) is 3.04. The summed E-state index contributed by atoms with van der Waals surface area (Å²) >= 11 is 0. The third-order valence-electron chi connectivity index (χ3n) is 3.27. The number of hydrogen-bond donors (Lipinski definition) is 2. The highest BCUT2D eigenvalue weighted by Gasteiger charge is 2.09. The number of carbonyl (C=O) groups excluding carboxylic acids is 1. The second-order valence-electron chi connectivity index (χ2n) is 4.98. The molecule has 0 aliphatic carbocycles. The van der Waals surface area contributed by atoms with E-state index >= 15 is 0 Å². The molecule has 1 aromatic heterocycles. The molecule has 0 saturated heterocycles. The zero-order chi connectivity index (χ0) is 16.8. The fraction of sp³-hybridized carbons (Fsp3) is 0.0588. The third-order valence-corrected chi connectivity index (χ3v) is 3.27. The minimum atomic E-state index is -0.540. The number of benzene rings is 2. The molecular weight excluding hydrogens is 306 g/mol. The Morgan fingerprint density at radius 2 is 2.08 bits per heavy atom. The van der Waals surface area contributed by atoms with Gasteiger partial charge in [-0.2, -0.15) is 0 Å². The SMILES string of the molecule is C=Cc1cc(NC(=O)OCc2ccccc2)cc(-c2nnn[nH]2)c1. The molecule has 0 atom stereocenters. The van der Waals surface area contributed by atoms with Crippen LogP contribution in [0.1, 0.15) is 11.1 Å². The number of amides is 1. The Hall–Kier alpha value is -3.48. The lowest BCUT2D eigenvalue weighted by atomic mass is 10.1. The number of nitrogens with one attached hydrogen (secondary N) is 2. The molecular formula is C17H15N5O2. The van der Waals surface area contributed by atoms with Crippen molar-refractivity contribution in [1.29, 1.82) is 0 Å². The van der Waals surface area contributed by atoms with Crippen molar-refractivity contribution in [2.75, 3.05) is 5.32 Å². The monoisotopic (exact) mass is 321 g/mol. The van der Waals surface area contributed by atoms with Crippen molar-refractivity contribution in [2.45, 2.75) is 6.61 Å². The van der Waals surface area contributed by atoms with E-state index in [0.29, 0.717) is 11.5 Å². The molecule has 0 aliphatic heterocycles. The lowest BCUT2D eigenvalue weighted by molar-refractivity contribution is 0.155. The predicted octanol–water partition coefficient (Wildman–Crippen LogP) is 3.26. The van der Waals surface area contributed by atoms with E-state index in [9.17, 15) is 4.79 Å². The van der Waals surface area contributed by atoms with Crippen LogP contribution in [-0.4, -0.2) is 26.7 Å². The zero-order valence-corrected chi connectivity index (χ0v) is 12.8. The summed E-state index contributed by atoms with van der Waals surface area (Å²) in [6, 6.07) is 14.9. The first-order valence-electron chi connectivity index (χ1n) is 7.24. The summed E-state index contributed by atoms with van der Waals surface area (Å²) in [7, 11) is 0. The summed E-state index contributed by atoms with van der Waals surface area (Å²) in [5.74, 6) is 0.499. The number of nitrogens with zero attached hydrogens (tertiary/aromatic N) is 3. The van der Waals surface area contributed by atoms with Gasteiger partial charge in [-0.15, -0.1) is 5.10 Å². The van der Waals surface area contributed by atoms with Crippen LogP contribution in [0.25, 0.3) is 17.5 Å². The van der Waals surface area contributed by atoms with Gasteiger partial charge in [0.2, 0.25) is 0 Å². The van der Waals surface area contributed by atoms with Crippen LogP contribution in [0.2, 0.25) is 0 Å². The molecule has 2 aromatic carbocycles. The molecule has 0 radical (unpaired) electrons. The van der Waals surface area contributed by atoms with Gasteiger partial charge in [0.05, 0.1) is 0 Å². The van der Waals surface area contributed by atoms with Gasteiger partial charge in [0.1, 0.15) is 6.61 Å². The minimum absolute atomic E-state index is 0.201. The normalized spacial score (nSPS) is 10.2. The van der Waals surface area contributed by atoms with E-state index in [1.807, 2.05) is 36.4 Å². The van der Waals surface area contributed by atoms with Gasteiger partial charge in [0.25, 0.3) is 0 Å². The quantitative estimate of drug-likeness (QED) is 0.752. The van der Waals surface area contributed by atoms with E-state index in [1.54, 1.807) is 18.2 Å². The van der Waals surface area contributed by atoms with Gasteiger partial charge >= 0.3 is 6.09 Å². The first kappa shape index (κ1) is 15.4. The van der Waals surface area contributed by atoms with Gasteiger partial charge in [-0.3, -0.25) is 5.32 Å². The largest absolute Gasteiger partial charge is 0.444 e. The first-order valence-corrected chi connectivity index (χ1v) is 7.24. The third kappa shape index (κ3) is 3.83. The molecule has 24 heavy (non-hydrogen) atoms. The van der Waals surface area contributed by atoms with Crippen LogP contribution in [0.15, 0.2) is 55.1 Å². The Kier molecular flexibility index (Phi) is 4.62. The molecule has 120 valence electrons. The fourth-order valence-electron chi connectivity index (χ4n) is 2.14. The van der Waals surface area contributed by atoms with Gasteiger partial charge < -0.3 is 4.74 Å². The van der Waals surface area contributed by atoms with Crippen molar-refractivity contribution < 1.29 is 9.53 Å². The minimum Gasteiger partial charge on any atom is -0.444 e. The van der Waals surface area contributed by atoms with Gasteiger partial charge in [0.15, 0.2) is 5.82 Å². The summed E-state index contributed by atoms with van der Waals surface area (Å²) in [6.07, 6.45) is 1.13. The smallest absolute Gasteiger partial charge is 0.411 e. The Morgan fingerprint density at radius 3 is 2.79 bits per heavy atom. The molecule has 0 fully saturated rings. The van der Waals surface area contributed by atoms with Gasteiger partial charge in [-0.1, -0.05) is 43.0 Å². The van der Waals surface area contributed by atoms with Gasteiger partial charge in [-0.25, -0.2) is 9.89 Å². The standard InChI is InChI=1S/C17H15N5O2/c1-2-12-8-14(16-19-21-22-20-16)10-15(9-12)18-17(23)24-11-13-6-4-3-5-7-13/h2-10H,1,11H2,(H,18,23)(H,19,20,21,22). The Labute approximate surface area is 138 Å². The van der Waals surface area contributed by atoms with Crippen LogP contribution in [0.4, 0.5) is 10.5 Å². The average molecular weight is 321 g/mol. The maximum Gasteiger partial charge on any atom is 0.411 e. The van der Waals surface area contributed by atoms with E-state index in [2.05, 4.69) is 32.5 Å². The Balaban J connectivity index is 1.71. The number of anilines is 1. The van der Waals surface area contributed by atoms with Crippen LogP contribution in [-0.2, 0) is 11.3 Å². The van der Waals surface area contributed by atoms with Crippen LogP contribution in [0.3, 0.4) is 0 Å². The molecule has 3 rings (SSSR count). The summed E-state index contributed by atoms with van der Waals surface area (Å²) in [6.45, 7) is 3.94. The molecule has 1 heterocycles. The molecule has 0 saturated carbocycles. The molecule has 7 heteroatoms. The van der Waals surface area contributed by atoms with E-state index in [1.165, 1.54) is 0 Å². The van der Waals surface area contributed by atoms with Crippen LogP contribution >= 0.6 is 0 Å². The van der Waals surface area contributed by atoms with Crippen LogP contribution < -0.4 is 5.32 Å². The first-order chi connectivity index (χ1) is 11.7. The molecule has 2 N–H and O–H groups in total. The van der Waals surface area contributed by atoms with Gasteiger partial charge in [-0.05, 0) is 39.8 Å². The predicted molar refractivity (Wildman–Crippen MR) is 90.0 cm³/mol. The highest BCUT2D eigenvalue weighted by atomic mass is 16.5. The molecule has 0 unspecified atom stereocenters. The molecule has 0 aliphatic rings. The molecule has 0 bridgehead atoms. The van der Waals surface area contributed by atoms with Gasteiger partial charge in [0, 0.05) is 11.3 Å². The number of aromatic nitrogens is 4. The number of H-pyrrole nitrogens is 1. The summed E-state index contributed by atoms with van der Waals surface area (Å²) in [4.78, 5) is 12.0. The number of ether oxygens (including phenoxy) is 1. The number of aromatic amines is 1. The molecule has 7 nitrogen and oxygen atoms in total. The fourth-order valence-corrected chi connectivity index (χ4v) is 2.14. The molecule has 1 amide bonds. The van der Waals surface area contributed by atoms with Crippen molar-refractivity contribution in [2.24, 2.45) is 0 Å². The summed E-state index contributed by atoms with van der Waals surface area (Å²) in [5, 5.41) is 16.3. The lowest BCUT2D eigenvalue weighted by Gasteiger charge is -2.09. The van der Waals surface area contributed by atoms with Crippen molar-refractivity contribution in [1.82, 2.24) is 20.6 Å². The maximum atomic E-state index is 12.0. The van der Waals surface area contributed by atoms with Crippen molar-refractivity contribution in [3.63, 3.8) is 0 Å². The maximum absolute atomic E-state index is 12.0. The van der Waals surface area contributed by atoms with Crippen LogP contribution in [0.5, 0.6) is 0 Å². The Bertz CT molecular complexity index is 831. The average Bonchev–Trinajstić information content (AvgIpc) is 3.15. The van der Waals surface area contributed by atoms with Crippen molar-refractivity contribution >= 4 is 17.9 Å². The van der Waals surface area contributed by atoms with Crippen LogP contribution in [0, 0.1) is 0 Å². The Morgan fingerprint density at radius 1 is 1.25 bits per heavy atom. The topological polar surface area (TPSA) is 92.8 Å². The highest BCUT2D eigenvalue weighted by molar-refractivity contribution is 5.86. The lowest BCUT2D eigenvalue weighted by Crippen LogP contribution is -2.13. The number of tetrazole rings is 1. The van der Waals surface area contributed by atoms with Crippen molar-refractivity contribution in [3.05, 3.63) is 66.2 Å².